The number of rotatable bonds is 4. The van der Waals surface area contributed by atoms with Crippen LogP contribution in [0.1, 0.15) is 24.2 Å². The smallest absolute Gasteiger partial charge is 0.361 e. The minimum absolute atomic E-state index is 0.0619. The van der Waals surface area contributed by atoms with Crippen LogP contribution in [0.2, 0.25) is 5.02 Å². The quantitative estimate of drug-likeness (QED) is 0.351. The van der Waals surface area contributed by atoms with Gasteiger partial charge in [0.15, 0.2) is 0 Å². The molecule has 0 saturated carbocycles. The topological polar surface area (TPSA) is 76.5 Å². The summed E-state index contributed by atoms with van der Waals surface area (Å²) < 4.78 is 41.1. The van der Waals surface area contributed by atoms with Crippen LogP contribution in [0, 0.1) is 0 Å². The molecule has 4 rings (SSSR count). The molecule has 0 radical (unpaired) electrons. The second-order valence-corrected chi connectivity index (χ2v) is 9.04. The monoisotopic (exact) mass is 514 g/mol. The van der Waals surface area contributed by atoms with E-state index in [0.29, 0.717) is 16.4 Å². The molecule has 3 heterocycles. The van der Waals surface area contributed by atoms with Gasteiger partial charge in [0.1, 0.15) is 22.8 Å². The van der Waals surface area contributed by atoms with Crippen molar-refractivity contribution in [2.24, 2.45) is 0 Å². The van der Waals surface area contributed by atoms with Crippen LogP contribution in [-0.4, -0.2) is 24.9 Å². The minimum Gasteiger partial charge on any atom is -0.361 e. The number of hydrogen-bond acceptors (Lipinski definition) is 7. The summed E-state index contributed by atoms with van der Waals surface area (Å²) in [5.41, 5.74) is -0.0134. The lowest BCUT2D eigenvalue weighted by molar-refractivity contribution is -0.136. The Morgan fingerprint density at radius 3 is 2.57 bits per heavy atom. The van der Waals surface area contributed by atoms with E-state index in [2.05, 4.69) is 46.2 Å². The van der Waals surface area contributed by atoms with E-state index in [1.807, 2.05) is 0 Å². The van der Waals surface area contributed by atoms with E-state index in [-0.39, 0.29) is 21.7 Å². The first-order valence-corrected chi connectivity index (χ1v) is 10.4. The lowest BCUT2D eigenvalue weighted by Gasteiger charge is -2.18. The van der Waals surface area contributed by atoms with Gasteiger partial charge in [0.25, 0.3) is 0 Å². The predicted octanol–water partition coefficient (Wildman–Crippen LogP) is 6.15. The molecule has 0 aliphatic heterocycles. The molecule has 1 atom stereocenters. The van der Waals surface area contributed by atoms with Crippen LogP contribution in [0.5, 0.6) is 0 Å². The molecule has 1 aromatic carbocycles. The van der Waals surface area contributed by atoms with Crippen LogP contribution in [0.15, 0.2) is 40.8 Å². The van der Waals surface area contributed by atoms with Crippen molar-refractivity contribution >= 4 is 55.6 Å². The summed E-state index contributed by atoms with van der Waals surface area (Å²) in [4.78, 5) is 21.0. The number of alkyl halides is 3. The van der Waals surface area contributed by atoms with Gasteiger partial charge >= 0.3 is 6.18 Å². The SMILES string of the molecule is CC(Nc1ncnc2c(C(F)(F)F)cc(Cl)cc12)c1nccnc1-c1ncc(Br)s1. The highest BCUT2D eigenvalue weighted by Gasteiger charge is 2.34. The van der Waals surface area contributed by atoms with E-state index in [0.717, 1.165) is 16.2 Å². The van der Waals surface area contributed by atoms with Gasteiger partial charge in [0.2, 0.25) is 0 Å². The zero-order valence-electron chi connectivity index (χ0n) is 15.1. The van der Waals surface area contributed by atoms with Gasteiger partial charge in [-0.2, -0.15) is 13.2 Å². The van der Waals surface area contributed by atoms with Crippen molar-refractivity contribution in [1.82, 2.24) is 24.9 Å². The van der Waals surface area contributed by atoms with Crippen molar-refractivity contribution in [3.63, 3.8) is 0 Å². The summed E-state index contributed by atoms with van der Waals surface area (Å²) in [7, 11) is 0. The largest absolute Gasteiger partial charge is 0.418 e. The van der Waals surface area contributed by atoms with Crippen LogP contribution in [-0.2, 0) is 6.18 Å². The average molecular weight is 516 g/mol. The molecule has 4 aromatic rings. The Morgan fingerprint density at radius 2 is 1.87 bits per heavy atom. The number of aromatic nitrogens is 5. The summed E-state index contributed by atoms with van der Waals surface area (Å²) in [6, 6.07) is 1.81. The standard InChI is InChI=1S/C18H11BrClF3N6S/c1-8(13-15(25-3-2-24-13)17-26-6-12(19)30-17)29-16-10-4-9(20)5-11(18(21,22)23)14(10)27-7-28-16/h2-8H,1H3,(H,27,28,29). The molecule has 0 bridgehead atoms. The molecule has 0 amide bonds. The summed E-state index contributed by atoms with van der Waals surface area (Å²) >= 11 is 10.7. The van der Waals surface area contributed by atoms with E-state index in [4.69, 9.17) is 11.6 Å². The number of hydrogen-bond donors (Lipinski definition) is 1. The molecule has 1 N–H and O–H groups in total. The number of benzene rings is 1. The highest BCUT2D eigenvalue weighted by atomic mass is 79.9. The van der Waals surface area contributed by atoms with Gasteiger partial charge in [0, 0.05) is 22.8 Å². The van der Waals surface area contributed by atoms with Gasteiger partial charge in [-0.3, -0.25) is 9.97 Å². The van der Waals surface area contributed by atoms with Crippen molar-refractivity contribution in [3.05, 3.63) is 57.1 Å². The Hall–Kier alpha value is -2.37. The van der Waals surface area contributed by atoms with E-state index in [1.165, 1.54) is 23.6 Å². The third kappa shape index (κ3) is 4.09. The maximum atomic E-state index is 13.4. The Morgan fingerprint density at radius 1 is 1.10 bits per heavy atom. The molecule has 1 unspecified atom stereocenters. The van der Waals surface area contributed by atoms with Crippen LogP contribution in [0.25, 0.3) is 21.6 Å². The molecule has 3 aromatic heterocycles. The molecule has 30 heavy (non-hydrogen) atoms. The summed E-state index contributed by atoms with van der Waals surface area (Å²) in [6.45, 7) is 1.80. The van der Waals surface area contributed by atoms with Crippen LogP contribution < -0.4 is 5.32 Å². The Bertz CT molecular complexity index is 1230. The molecule has 154 valence electrons. The normalized spacial score (nSPS) is 12.9. The summed E-state index contributed by atoms with van der Waals surface area (Å²) in [5, 5.41) is 3.87. The molecular formula is C18H11BrClF3N6S. The fraction of sp³-hybridized carbons (Fsp3) is 0.167. The fourth-order valence-corrected chi connectivity index (χ4v) is 4.36. The van der Waals surface area contributed by atoms with Crippen molar-refractivity contribution in [2.45, 2.75) is 19.1 Å². The molecule has 0 fully saturated rings. The van der Waals surface area contributed by atoms with Gasteiger partial charge in [0.05, 0.1) is 32.8 Å². The minimum atomic E-state index is -4.60. The molecule has 0 saturated heterocycles. The summed E-state index contributed by atoms with van der Waals surface area (Å²) in [6.07, 6.45) is 1.23. The number of nitrogens with one attached hydrogen (secondary N) is 1. The Balaban J connectivity index is 1.77. The first-order valence-electron chi connectivity index (χ1n) is 8.44. The molecular weight excluding hydrogens is 505 g/mol. The molecule has 12 heteroatoms. The van der Waals surface area contributed by atoms with Gasteiger partial charge in [-0.25, -0.2) is 15.0 Å². The first-order chi connectivity index (χ1) is 14.2. The highest BCUT2D eigenvalue weighted by molar-refractivity contribution is 9.11. The molecule has 0 spiro atoms. The fourth-order valence-electron chi connectivity index (χ4n) is 2.93. The average Bonchev–Trinajstić information content (AvgIpc) is 3.13. The number of halogens is 5. The van der Waals surface area contributed by atoms with Gasteiger partial charge in [-0.05, 0) is 35.0 Å². The zero-order valence-corrected chi connectivity index (χ0v) is 18.2. The maximum absolute atomic E-state index is 13.4. The third-order valence-electron chi connectivity index (χ3n) is 4.18. The number of nitrogens with zero attached hydrogens (tertiary/aromatic N) is 5. The molecule has 0 aliphatic carbocycles. The highest BCUT2D eigenvalue weighted by Crippen LogP contribution is 2.38. The number of anilines is 1. The van der Waals surface area contributed by atoms with E-state index >= 15 is 0 Å². The number of fused-ring (bicyclic) bond motifs is 1. The second-order valence-electron chi connectivity index (χ2n) is 6.20. The van der Waals surface area contributed by atoms with Gasteiger partial charge in [-0.15, -0.1) is 11.3 Å². The van der Waals surface area contributed by atoms with Crippen molar-refractivity contribution < 1.29 is 13.2 Å². The predicted molar refractivity (Wildman–Crippen MR) is 112 cm³/mol. The van der Waals surface area contributed by atoms with Crippen LogP contribution in [0.3, 0.4) is 0 Å². The van der Waals surface area contributed by atoms with Crippen molar-refractivity contribution in [2.75, 3.05) is 5.32 Å². The van der Waals surface area contributed by atoms with Gasteiger partial charge in [-0.1, -0.05) is 11.6 Å². The van der Waals surface area contributed by atoms with Crippen LogP contribution >= 0.6 is 38.9 Å². The third-order valence-corrected chi connectivity index (χ3v) is 5.88. The lowest BCUT2D eigenvalue weighted by Crippen LogP contribution is -2.13. The molecule has 0 aliphatic rings. The van der Waals surface area contributed by atoms with Crippen molar-refractivity contribution in [1.29, 1.82) is 0 Å². The second kappa shape index (κ2) is 8.05. The van der Waals surface area contributed by atoms with E-state index in [9.17, 15) is 13.2 Å². The van der Waals surface area contributed by atoms with E-state index < -0.39 is 17.8 Å². The Labute approximate surface area is 185 Å². The molecule has 6 nitrogen and oxygen atoms in total. The first kappa shape index (κ1) is 20.9. The van der Waals surface area contributed by atoms with E-state index in [1.54, 1.807) is 19.3 Å². The van der Waals surface area contributed by atoms with Crippen molar-refractivity contribution in [3.8, 4) is 10.7 Å². The number of thiazole rings is 1. The zero-order chi connectivity index (χ0) is 21.5. The lowest BCUT2D eigenvalue weighted by atomic mass is 10.1. The maximum Gasteiger partial charge on any atom is 0.418 e. The summed E-state index contributed by atoms with van der Waals surface area (Å²) in [5.74, 6) is 0.206. The van der Waals surface area contributed by atoms with Gasteiger partial charge < -0.3 is 5.32 Å². The Kier molecular flexibility index (Phi) is 5.60. The van der Waals surface area contributed by atoms with Crippen LogP contribution in [0.4, 0.5) is 19.0 Å².